The molecule has 0 amide bonds. The predicted molar refractivity (Wildman–Crippen MR) is 57.8 cm³/mol. The smallest absolute Gasteiger partial charge is 0.182 e. The summed E-state index contributed by atoms with van der Waals surface area (Å²) < 4.78 is 1.68. The Balaban J connectivity index is 2.53. The Morgan fingerprint density at radius 1 is 1.60 bits per heavy atom. The van der Waals surface area contributed by atoms with Gasteiger partial charge in [-0.25, -0.2) is 4.68 Å². The highest BCUT2D eigenvalue weighted by Gasteiger charge is 2.11. The highest BCUT2D eigenvalue weighted by atomic mass is 16.1. The van der Waals surface area contributed by atoms with Crippen LogP contribution in [0.25, 0.3) is 0 Å². The number of ketones is 1. The van der Waals surface area contributed by atoms with Crippen molar-refractivity contribution in [2.75, 3.05) is 13.6 Å². The number of nitrogens with zero attached hydrogens (tertiary/aromatic N) is 3. The Morgan fingerprint density at radius 3 is 3.07 bits per heavy atom. The van der Waals surface area contributed by atoms with Crippen LogP contribution in [0.1, 0.15) is 36.7 Å². The first-order chi connectivity index (χ1) is 7.29. The zero-order valence-electron chi connectivity index (χ0n) is 9.36. The van der Waals surface area contributed by atoms with Gasteiger partial charge in [0.2, 0.25) is 0 Å². The van der Waals surface area contributed by atoms with E-state index < -0.39 is 0 Å². The first-order valence-corrected chi connectivity index (χ1v) is 5.36. The van der Waals surface area contributed by atoms with E-state index in [2.05, 4.69) is 22.6 Å². The van der Waals surface area contributed by atoms with Gasteiger partial charge in [-0.1, -0.05) is 12.1 Å². The minimum atomic E-state index is 0.128. The molecule has 15 heavy (non-hydrogen) atoms. The lowest BCUT2D eigenvalue weighted by atomic mass is 10.2. The van der Waals surface area contributed by atoms with Gasteiger partial charge < -0.3 is 5.32 Å². The molecule has 0 bridgehead atoms. The molecule has 0 spiro atoms. The number of carbonyl (C=O) groups excluding carboxylic acids is 1. The Hall–Kier alpha value is -1.23. The van der Waals surface area contributed by atoms with E-state index in [0.29, 0.717) is 12.1 Å². The maximum atomic E-state index is 11.7. The van der Waals surface area contributed by atoms with Crippen LogP contribution in [-0.4, -0.2) is 34.4 Å². The third-order valence-electron chi connectivity index (χ3n) is 2.17. The highest BCUT2D eigenvalue weighted by molar-refractivity contribution is 5.94. The molecule has 0 aliphatic rings. The third-order valence-corrected chi connectivity index (χ3v) is 2.17. The molecule has 1 aromatic rings. The van der Waals surface area contributed by atoms with E-state index >= 15 is 0 Å². The van der Waals surface area contributed by atoms with E-state index in [1.165, 1.54) is 0 Å². The van der Waals surface area contributed by atoms with Crippen LogP contribution in [0.5, 0.6) is 0 Å². The minimum Gasteiger partial charge on any atom is -0.320 e. The molecule has 84 valence electrons. The van der Waals surface area contributed by atoms with Gasteiger partial charge in [0.05, 0.1) is 6.20 Å². The maximum Gasteiger partial charge on any atom is 0.182 e. The second-order valence-corrected chi connectivity index (χ2v) is 3.47. The summed E-state index contributed by atoms with van der Waals surface area (Å²) in [7, 11) is 1.88. The van der Waals surface area contributed by atoms with E-state index in [1.807, 2.05) is 7.05 Å². The quantitative estimate of drug-likeness (QED) is 0.536. The maximum absolute atomic E-state index is 11.7. The molecule has 0 radical (unpaired) electrons. The standard InChI is InChI=1S/C10H18N4O/c1-3-7-14-9(8-12-13-14)10(15)5-4-6-11-2/h8,11H,3-7H2,1-2H3. The van der Waals surface area contributed by atoms with Gasteiger partial charge >= 0.3 is 0 Å². The predicted octanol–water partition coefficient (Wildman–Crippen LogP) is 0.870. The second kappa shape index (κ2) is 6.29. The first kappa shape index (κ1) is 11.8. The molecule has 0 aromatic carbocycles. The lowest BCUT2D eigenvalue weighted by molar-refractivity contribution is 0.0969. The van der Waals surface area contributed by atoms with Crippen LogP contribution in [0.2, 0.25) is 0 Å². The number of aromatic nitrogens is 3. The fourth-order valence-corrected chi connectivity index (χ4v) is 1.40. The number of nitrogens with one attached hydrogen (secondary N) is 1. The average molecular weight is 210 g/mol. The van der Waals surface area contributed by atoms with Crippen molar-refractivity contribution < 1.29 is 4.79 Å². The molecule has 0 unspecified atom stereocenters. The summed E-state index contributed by atoms with van der Waals surface area (Å²) in [5.41, 5.74) is 0.632. The molecular weight excluding hydrogens is 192 g/mol. The minimum absolute atomic E-state index is 0.128. The van der Waals surface area contributed by atoms with Crippen molar-refractivity contribution in [3.63, 3.8) is 0 Å². The zero-order valence-corrected chi connectivity index (χ0v) is 9.36. The molecular formula is C10H18N4O. The molecule has 0 aliphatic carbocycles. The van der Waals surface area contributed by atoms with Crippen molar-refractivity contribution in [2.24, 2.45) is 0 Å². The summed E-state index contributed by atoms with van der Waals surface area (Å²) in [6, 6.07) is 0. The van der Waals surface area contributed by atoms with E-state index in [1.54, 1.807) is 10.9 Å². The van der Waals surface area contributed by atoms with Crippen LogP contribution < -0.4 is 5.32 Å². The molecule has 1 rings (SSSR count). The summed E-state index contributed by atoms with van der Waals surface area (Å²) in [5.74, 6) is 0.128. The van der Waals surface area contributed by atoms with Gasteiger partial charge in [0.15, 0.2) is 5.78 Å². The Morgan fingerprint density at radius 2 is 2.40 bits per heavy atom. The second-order valence-electron chi connectivity index (χ2n) is 3.47. The van der Waals surface area contributed by atoms with Crippen LogP contribution in [-0.2, 0) is 6.54 Å². The van der Waals surface area contributed by atoms with Gasteiger partial charge in [0.1, 0.15) is 5.69 Å². The highest BCUT2D eigenvalue weighted by Crippen LogP contribution is 2.04. The van der Waals surface area contributed by atoms with Crippen molar-refractivity contribution in [3.05, 3.63) is 11.9 Å². The average Bonchev–Trinajstić information content (AvgIpc) is 2.67. The lowest BCUT2D eigenvalue weighted by Crippen LogP contribution is -2.13. The number of aryl methyl sites for hydroxylation is 1. The van der Waals surface area contributed by atoms with Crippen LogP contribution in [0.3, 0.4) is 0 Å². The molecule has 1 N–H and O–H groups in total. The fraction of sp³-hybridized carbons (Fsp3) is 0.700. The Kier molecular flexibility index (Phi) is 4.97. The van der Waals surface area contributed by atoms with Crippen molar-refractivity contribution in [2.45, 2.75) is 32.7 Å². The molecule has 0 saturated carbocycles. The fourth-order valence-electron chi connectivity index (χ4n) is 1.40. The number of hydrogen-bond donors (Lipinski definition) is 1. The summed E-state index contributed by atoms with van der Waals surface area (Å²) >= 11 is 0. The topological polar surface area (TPSA) is 59.8 Å². The van der Waals surface area contributed by atoms with Crippen molar-refractivity contribution >= 4 is 5.78 Å². The van der Waals surface area contributed by atoms with Crippen LogP contribution in [0.4, 0.5) is 0 Å². The Labute approximate surface area is 89.9 Å². The van der Waals surface area contributed by atoms with E-state index in [0.717, 1.165) is 25.9 Å². The normalized spacial score (nSPS) is 10.5. The van der Waals surface area contributed by atoms with E-state index in [9.17, 15) is 4.79 Å². The number of rotatable bonds is 7. The van der Waals surface area contributed by atoms with Crippen molar-refractivity contribution in [1.29, 1.82) is 0 Å². The third kappa shape index (κ3) is 3.43. The molecule has 5 nitrogen and oxygen atoms in total. The molecule has 5 heteroatoms. The summed E-state index contributed by atoms with van der Waals surface area (Å²) in [5, 5.41) is 10.7. The van der Waals surface area contributed by atoms with Crippen molar-refractivity contribution in [1.82, 2.24) is 20.3 Å². The largest absolute Gasteiger partial charge is 0.320 e. The molecule has 1 aromatic heterocycles. The van der Waals surface area contributed by atoms with Crippen LogP contribution in [0, 0.1) is 0 Å². The van der Waals surface area contributed by atoms with Gasteiger partial charge in [-0.2, -0.15) is 0 Å². The van der Waals surface area contributed by atoms with E-state index in [-0.39, 0.29) is 5.78 Å². The van der Waals surface area contributed by atoms with Gasteiger partial charge in [-0.05, 0) is 26.4 Å². The van der Waals surface area contributed by atoms with Crippen LogP contribution in [0.15, 0.2) is 6.20 Å². The van der Waals surface area contributed by atoms with Crippen molar-refractivity contribution in [3.8, 4) is 0 Å². The van der Waals surface area contributed by atoms with Crippen LogP contribution >= 0.6 is 0 Å². The van der Waals surface area contributed by atoms with Gasteiger partial charge in [0.25, 0.3) is 0 Å². The molecule has 1 heterocycles. The summed E-state index contributed by atoms with van der Waals surface area (Å²) in [6.07, 6.45) is 3.92. The molecule has 0 atom stereocenters. The van der Waals surface area contributed by atoms with Gasteiger partial charge in [-0.15, -0.1) is 5.10 Å². The molecule has 0 aliphatic heterocycles. The summed E-state index contributed by atoms with van der Waals surface area (Å²) in [6.45, 7) is 3.67. The lowest BCUT2D eigenvalue weighted by Gasteiger charge is -2.03. The molecule has 0 saturated heterocycles. The number of hydrogen-bond acceptors (Lipinski definition) is 4. The number of Topliss-reactive ketones (excluding diaryl/α,β-unsaturated/α-hetero) is 1. The van der Waals surface area contributed by atoms with Gasteiger partial charge in [-0.3, -0.25) is 4.79 Å². The Bertz CT molecular complexity index is 308. The molecule has 0 fully saturated rings. The zero-order chi connectivity index (χ0) is 11.1. The van der Waals surface area contributed by atoms with Gasteiger partial charge in [0, 0.05) is 13.0 Å². The van der Waals surface area contributed by atoms with E-state index in [4.69, 9.17) is 0 Å². The SMILES string of the molecule is CCCn1nncc1C(=O)CCCNC. The summed E-state index contributed by atoms with van der Waals surface area (Å²) in [4.78, 5) is 11.7. The monoisotopic (exact) mass is 210 g/mol. The number of carbonyl (C=O) groups is 1. The first-order valence-electron chi connectivity index (χ1n) is 5.36.